The minimum Gasteiger partial charge on any atom is -0.352 e. The minimum absolute atomic E-state index is 0.0414. The zero-order valence-electron chi connectivity index (χ0n) is 10.2. The predicted octanol–water partition coefficient (Wildman–Crippen LogP) is 1.99. The average Bonchev–Trinajstić information content (AvgIpc) is 2.28. The van der Waals surface area contributed by atoms with Crippen molar-refractivity contribution in [2.24, 2.45) is 0 Å². The normalized spacial score (nSPS) is 10.3. The van der Waals surface area contributed by atoms with Crippen LogP contribution in [0.5, 0.6) is 0 Å². The molecule has 98 valence electrons. The van der Waals surface area contributed by atoms with Gasteiger partial charge >= 0.3 is 0 Å². The summed E-state index contributed by atoms with van der Waals surface area (Å²) in [6, 6.07) is 5.21. The van der Waals surface area contributed by atoms with Crippen molar-refractivity contribution in [3.8, 4) is 0 Å². The van der Waals surface area contributed by atoms with E-state index in [9.17, 15) is 9.59 Å². The Morgan fingerprint density at radius 3 is 2.67 bits per heavy atom. The van der Waals surface area contributed by atoms with E-state index in [-0.39, 0.29) is 24.4 Å². The summed E-state index contributed by atoms with van der Waals surface area (Å²) < 4.78 is 0.669. The van der Waals surface area contributed by atoms with Gasteiger partial charge in [-0.15, -0.1) is 12.6 Å². The number of nitrogens with one attached hydrogen (secondary N) is 2. The molecule has 18 heavy (non-hydrogen) atoms. The second-order valence-corrected chi connectivity index (χ2v) is 5.44. The van der Waals surface area contributed by atoms with Gasteiger partial charge in [-0.3, -0.25) is 9.59 Å². The van der Waals surface area contributed by atoms with Gasteiger partial charge in [-0.2, -0.15) is 0 Å². The van der Waals surface area contributed by atoms with Gasteiger partial charge in [0.1, 0.15) is 0 Å². The van der Waals surface area contributed by atoms with E-state index in [1.807, 2.05) is 13.8 Å². The van der Waals surface area contributed by atoms with E-state index in [0.717, 1.165) is 0 Å². The minimum atomic E-state index is -0.309. The number of carbonyl (C=O) groups is 2. The number of carbonyl (C=O) groups excluding carboxylic acids is 2. The molecule has 0 fully saturated rings. The van der Waals surface area contributed by atoms with Crippen LogP contribution in [0.1, 0.15) is 24.2 Å². The molecule has 0 aliphatic rings. The zero-order chi connectivity index (χ0) is 13.7. The van der Waals surface area contributed by atoms with Crippen LogP contribution in [0.3, 0.4) is 0 Å². The first kappa shape index (κ1) is 15.0. The lowest BCUT2D eigenvalue weighted by atomic mass is 10.2. The van der Waals surface area contributed by atoms with Crippen molar-refractivity contribution in [2.75, 3.05) is 6.54 Å². The van der Waals surface area contributed by atoms with Crippen molar-refractivity contribution in [3.63, 3.8) is 0 Å². The molecule has 0 aromatic heterocycles. The highest BCUT2D eigenvalue weighted by atomic mass is 79.9. The molecule has 0 saturated heterocycles. The van der Waals surface area contributed by atoms with Crippen LogP contribution in [0.2, 0.25) is 0 Å². The summed E-state index contributed by atoms with van der Waals surface area (Å²) >= 11 is 7.45. The Bertz CT molecular complexity index is 463. The molecule has 0 aliphatic carbocycles. The highest BCUT2D eigenvalue weighted by Crippen LogP contribution is 2.19. The van der Waals surface area contributed by atoms with Crippen LogP contribution >= 0.6 is 28.6 Å². The fourth-order valence-electron chi connectivity index (χ4n) is 1.32. The molecule has 1 aromatic carbocycles. The molecule has 1 rings (SSSR count). The number of hydrogen-bond acceptors (Lipinski definition) is 3. The topological polar surface area (TPSA) is 58.2 Å². The van der Waals surface area contributed by atoms with Gasteiger partial charge in [0, 0.05) is 15.4 Å². The highest BCUT2D eigenvalue weighted by Gasteiger charge is 2.11. The van der Waals surface area contributed by atoms with E-state index in [2.05, 4.69) is 39.2 Å². The van der Waals surface area contributed by atoms with Crippen molar-refractivity contribution in [3.05, 3.63) is 28.2 Å². The van der Waals surface area contributed by atoms with E-state index in [1.54, 1.807) is 18.2 Å². The lowest BCUT2D eigenvalue weighted by Gasteiger charge is -2.10. The van der Waals surface area contributed by atoms with Crippen LogP contribution in [0, 0.1) is 0 Å². The first-order valence-electron chi connectivity index (χ1n) is 5.46. The molecule has 0 unspecified atom stereocenters. The summed E-state index contributed by atoms with van der Waals surface area (Å²) in [7, 11) is 0. The molecule has 0 aliphatic heterocycles. The fraction of sp³-hybridized carbons (Fsp3) is 0.333. The summed E-state index contributed by atoms with van der Waals surface area (Å²) in [6.45, 7) is 3.68. The van der Waals surface area contributed by atoms with Crippen LogP contribution in [-0.4, -0.2) is 24.4 Å². The molecule has 4 nitrogen and oxygen atoms in total. The third kappa shape index (κ3) is 4.70. The Morgan fingerprint density at radius 2 is 2.06 bits per heavy atom. The summed E-state index contributed by atoms with van der Waals surface area (Å²) in [4.78, 5) is 23.9. The molecule has 2 amide bonds. The van der Waals surface area contributed by atoms with Crippen molar-refractivity contribution >= 4 is 40.4 Å². The van der Waals surface area contributed by atoms with Crippen molar-refractivity contribution in [1.82, 2.24) is 10.6 Å². The second-order valence-electron chi connectivity index (χ2n) is 4.07. The van der Waals surface area contributed by atoms with E-state index < -0.39 is 0 Å². The summed E-state index contributed by atoms with van der Waals surface area (Å²) in [5.74, 6) is -0.520. The second kappa shape index (κ2) is 6.80. The maximum Gasteiger partial charge on any atom is 0.252 e. The Morgan fingerprint density at radius 1 is 1.39 bits per heavy atom. The first-order valence-corrected chi connectivity index (χ1v) is 6.70. The van der Waals surface area contributed by atoms with Gasteiger partial charge in [0.15, 0.2) is 0 Å². The van der Waals surface area contributed by atoms with Crippen LogP contribution in [0.4, 0.5) is 0 Å². The van der Waals surface area contributed by atoms with Gasteiger partial charge in [0.25, 0.3) is 5.91 Å². The summed E-state index contributed by atoms with van der Waals surface area (Å²) in [5.41, 5.74) is 0.458. The number of rotatable bonds is 4. The van der Waals surface area contributed by atoms with Crippen LogP contribution < -0.4 is 10.6 Å². The smallest absolute Gasteiger partial charge is 0.252 e. The number of thiol groups is 1. The maximum absolute atomic E-state index is 11.9. The molecule has 1 aromatic rings. The molecule has 0 spiro atoms. The Hall–Kier alpha value is -1.01. The quantitative estimate of drug-likeness (QED) is 0.739. The van der Waals surface area contributed by atoms with Crippen molar-refractivity contribution in [2.45, 2.75) is 24.8 Å². The van der Waals surface area contributed by atoms with E-state index in [4.69, 9.17) is 0 Å². The van der Waals surface area contributed by atoms with Gasteiger partial charge in [0.05, 0.1) is 12.1 Å². The van der Waals surface area contributed by atoms with Gasteiger partial charge in [0.2, 0.25) is 5.91 Å². The van der Waals surface area contributed by atoms with Gasteiger partial charge in [-0.25, -0.2) is 0 Å². The first-order chi connectivity index (χ1) is 8.40. The maximum atomic E-state index is 11.9. The van der Waals surface area contributed by atoms with Gasteiger partial charge in [-0.1, -0.05) is 0 Å². The number of amides is 2. The molecule has 0 saturated carbocycles. The van der Waals surface area contributed by atoms with Gasteiger partial charge < -0.3 is 10.6 Å². The Kier molecular flexibility index (Phi) is 5.68. The lowest BCUT2D eigenvalue weighted by Crippen LogP contribution is -2.39. The molecular weight excluding hydrogens is 316 g/mol. The highest BCUT2D eigenvalue weighted by molar-refractivity contribution is 9.10. The lowest BCUT2D eigenvalue weighted by molar-refractivity contribution is -0.120. The molecular formula is C12H15BrN2O2S. The largest absolute Gasteiger partial charge is 0.352 e. The third-order valence-corrected chi connectivity index (χ3v) is 3.02. The predicted molar refractivity (Wildman–Crippen MR) is 77.0 cm³/mol. The monoisotopic (exact) mass is 330 g/mol. The number of benzene rings is 1. The van der Waals surface area contributed by atoms with E-state index >= 15 is 0 Å². The number of hydrogen-bond donors (Lipinski definition) is 3. The van der Waals surface area contributed by atoms with E-state index in [1.165, 1.54) is 0 Å². The standard InChI is InChI=1S/C12H15BrN2O2S/c1-7(2)15-11(16)6-14-12(17)9-5-8(18)3-4-10(9)13/h3-5,7,18H,6H2,1-2H3,(H,14,17)(H,15,16). The van der Waals surface area contributed by atoms with Crippen molar-refractivity contribution in [1.29, 1.82) is 0 Å². The fourth-order valence-corrected chi connectivity index (χ4v) is 1.95. The average molecular weight is 331 g/mol. The molecule has 0 atom stereocenters. The third-order valence-electron chi connectivity index (χ3n) is 2.05. The van der Waals surface area contributed by atoms with Crippen LogP contribution in [-0.2, 0) is 4.79 Å². The SMILES string of the molecule is CC(C)NC(=O)CNC(=O)c1cc(S)ccc1Br. The molecule has 6 heteroatoms. The summed E-state index contributed by atoms with van der Waals surface area (Å²) in [6.07, 6.45) is 0. The van der Waals surface area contributed by atoms with Crippen LogP contribution in [0.15, 0.2) is 27.6 Å². The molecule has 0 bridgehead atoms. The Labute approximate surface area is 120 Å². The molecule has 0 radical (unpaired) electrons. The van der Waals surface area contributed by atoms with Crippen LogP contribution in [0.25, 0.3) is 0 Å². The zero-order valence-corrected chi connectivity index (χ0v) is 12.6. The van der Waals surface area contributed by atoms with Gasteiger partial charge in [-0.05, 0) is 48.0 Å². The molecule has 2 N–H and O–H groups in total. The molecule has 0 heterocycles. The number of halogens is 1. The summed E-state index contributed by atoms with van der Waals surface area (Å²) in [5, 5.41) is 5.25. The van der Waals surface area contributed by atoms with Crippen molar-refractivity contribution < 1.29 is 9.59 Å². The van der Waals surface area contributed by atoms with E-state index in [0.29, 0.717) is 14.9 Å². The Balaban J connectivity index is 2.60.